The number of furan rings is 1. The van der Waals surface area contributed by atoms with Crippen molar-refractivity contribution in [3.05, 3.63) is 108 Å². The molecule has 2 aromatic heterocycles. The van der Waals surface area contributed by atoms with Crippen molar-refractivity contribution < 1.29 is 4.42 Å². The second-order valence-corrected chi connectivity index (χ2v) is 8.03. The summed E-state index contributed by atoms with van der Waals surface area (Å²) >= 11 is 0. The lowest BCUT2D eigenvalue weighted by atomic mass is 9.98. The third-order valence-electron chi connectivity index (χ3n) is 5.55. The Balaban J connectivity index is 1.62. The number of anilines is 2. The molecular weight excluding hydrogens is 420 g/mol. The first-order valence-electron chi connectivity index (χ1n) is 11.0. The van der Waals surface area contributed by atoms with Crippen LogP contribution in [0.5, 0.6) is 0 Å². The van der Waals surface area contributed by atoms with Crippen LogP contribution < -0.4 is 5.32 Å². The van der Waals surface area contributed by atoms with Gasteiger partial charge in [-0.2, -0.15) is 5.26 Å². The molecule has 164 valence electrons. The SMILES string of the molecule is Cc1ccc(-c2cc(Nc3oc(-c4ccccc4)c(-c4ccccc4)c3C#N)nc(C)n2)cc1. The molecule has 0 aliphatic carbocycles. The molecule has 34 heavy (non-hydrogen) atoms. The Kier molecular flexibility index (Phi) is 5.63. The molecule has 0 aliphatic rings. The first kappa shape index (κ1) is 21.2. The van der Waals surface area contributed by atoms with Gasteiger partial charge >= 0.3 is 0 Å². The maximum Gasteiger partial charge on any atom is 0.217 e. The summed E-state index contributed by atoms with van der Waals surface area (Å²) in [7, 11) is 0. The Morgan fingerprint density at radius 3 is 2.06 bits per heavy atom. The van der Waals surface area contributed by atoms with E-state index in [1.54, 1.807) is 0 Å². The van der Waals surface area contributed by atoms with Gasteiger partial charge in [0.25, 0.3) is 0 Å². The molecule has 2 heterocycles. The van der Waals surface area contributed by atoms with Gasteiger partial charge in [-0.3, -0.25) is 0 Å². The van der Waals surface area contributed by atoms with Crippen molar-refractivity contribution in [3.63, 3.8) is 0 Å². The van der Waals surface area contributed by atoms with Gasteiger partial charge in [0.1, 0.15) is 29.0 Å². The van der Waals surface area contributed by atoms with E-state index >= 15 is 0 Å². The van der Waals surface area contributed by atoms with Crippen molar-refractivity contribution >= 4 is 11.7 Å². The van der Waals surface area contributed by atoms with E-state index in [1.165, 1.54) is 5.56 Å². The molecule has 0 atom stereocenters. The molecule has 3 aromatic carbocycles. The average Bonchev–Trinajstić information content (AvgIpc) is 3.23. The predicted octanol–water partition coefficient (Wildman–Crippen LogP) is 7.30. The monoisotopic (exact) mass is 442 g/mol. The number of rotatable bonds is 5. The van der Waals surface area contributed by atoms with Crippen molar-refractivity contribution in [2.24, 2.45) is 0 Å². The summed E-state index contributed by atoms with van der Waals surface area (Å²) in [6, 6.07) is 32.0. The Morgan fingerprint density at radius 1 is 0.765 bits per heavy atom. The van der Waals surface area contributed by atoms with E-state index in [0.29, 0.717) is 28.9 Å². The van der Waals surface area contributed by atoms with Gasteiger partial charge in [-0.25, -0.2) is 9.97 Å². The zero-order valence-corrected chi connectivity index (χ0v) is 18.9. The molecule has 5 rings (SSSR count). The maximum atomic E-state index is 10.1. The summed E-state index contributed by atoms with van der Waals surface area (Å²) in [6.07, 6.45) is 0. The van der Waals surface area contributed by atoms with Gasteiger partial charge in [0.15, 0.2) is 0 Å². The molecule has 0 bridgehead atoms. The number of nitrogens with one attached hydrogen (secondary N) is 1. The number of hydrogen-bond acceptors (Lipinski definition) is 5. The van der Waals surface area contributed by atoms with Gasteiger partial charge in [0.2, 0.25) is 5.88 Å². The summed E-state index contributed by atoms with van der Waals surface area (Å²) in [5.41, 5.74) is 5.96. The summed E-state index contributed by atoms with van der Waals surface area (Å²) in [5, 5.41) is 13.4. The average molecular weight is 443 g/mol. The van der Waals surface area contributed by atoms with Crippen molar-refractivity contribution in [1.82, 2.24) is 9.97 Å². The van der Waals surface area contributed by atoms with E-state index < -0.39 is 0 Å². The summed E-state index contributed by atoms with van der Waals surface area (Å²) < 4.78 is 6.29. The number of nitriles is 1. The Morgan fingerprint density at radius 2 is 1.41 bits per heavy atom. The summed E-state index contributed by atoms with van der Waals surface area (Å²) in [6.45, 7) is 3.90. The van der Waals surface area contributed by atoms with Crippen molar-refractivity contribution in [3.8, 4) is 39.8 Å². The summed E-state index contributed by atoms with van der Waals surface area (Å²) in [4.78, 5) is 9.13. The highest BCUT2D eigenvalue weighted by molar-refractivity contribution is 5.89. The molecular formula is C29H22N4O. The van der Waals surface area contributed by atoms with E-state index in [4.69, 9.17) is 4.42 Å². The van der Waals surface area contributed by atoms with E-state index in [1.807, 2.05) is 85.8 Å². The zero-order chi connectivity index (χ0) is 23.5. The fourth-order valence-corrected chi connectivity index (χ4v) is 3.92. The van der Waals surface area contributed by atoms with Crippen LogP contribution in [0.4, 0.5) is 11.7 Å². The second-order valence-electron chi connectivity index (χ2n) is 8.03. The van der Waals surface area contributed by atoms with Crippen LogP contribution in [-0.2, 0) is 0 Å². The first-order valence-corrected chi connectivity index (χ1v) is 11.0. The third kappa shape index (κ3) is 4.17. The molecule has 5 aromatic rings. The van der Waals surface area contributed by atoms with E-state index in [0.717, 1.165) is 27.9 Å². The standard InChI is InChI=1S/C29H22N4O/c1-19-13-15-21(16-14-19)25-17-26(32-20(2)31-25)33-29-24(18-30)27(22-9-5-3-6-10-22)28(34-29)23-11-7-4-8-12-23/h3-17H,1-2H3,(H,31,32,33). The minimum Gasteiger partial charge on any atom is -0.438 e. The summed E-state index contributed by atoms with van der Waals surface area (Å²) in [5.74, 6) is 2.17. The number of aryl methyl sites for hydroxylation is 2. The molecule has 0 saturated carbocycles. The molecule has 0 unspecified atom stereocenters. The van der Waals surface area contributed by atoms with Crippen LogP contribution in [0.1, 0.15) is 17.0 Å². The second kappa shape index (κ2) is 9.05. The maximum absolute atomic E-state index is 10.1. The quantitative estimate of drug-likeness (QED) is 0.309. The van der Waals surface area contributed by atoms with Crippen molar-refractivity contribution in [2.45, 2.75) is 13.8 Å². The molecule has 1 N–H and O–H groups in total. The minimum atomic E-state index is 0.355. The van der Waals surface area contributed by atoms with E-state index in [-0.39, 0.29) is 0 Å². The molecule has 0 fully saturated rings. The van der Waals surface area contributed by atoms with Crippen molar-refractivity contribution in [1.29, 1.82) is 5.26 Å². The highest BCUT2D eigenvalue weighted by Gasteiger charge is 2.23. The predicted molar refractivity (Wildman–Crippen MR) is 135 cm³/mol. The lowest BCUT2D eigenvalue weighted by molar-refractivity contribution is 0.599. The fourth-order valence-electron chi connectivity index (χ4n) is 3.92. The van der Waals surface area contributed by atoms with Crippen LogP contribution >= 0.6 is 0 Å². The molecule has 0 saturated heterocycles. The molecule has 0 spiro atoms. The molecule has 0 radical (unpaired) electrons. The van der Waals surface area contributed by atoms with Crippen LogP contribution in [-0.4, -0.2) is 9.97 Å². The van der Waals surface area contributed by atoms with Gasteiger partial charge in [-0.15, -0.1) is 0 Å². The Bertz CT molecular complexity index is 1480. The first-order chi connectivity index (χ1) is 16.6. The lowest BCUT2D eigenvalue weighted by Crippen LogP contribution is -1.99. The Hall–Kier alpha value is -4.69. The smallest absolute Gasteiger partial charge is 0.217 e. The molecule has 0 aliphatic heterocycles. The van der Waals surface area contributed by atoms with Gasteiger partial charge in [0, 0.05) is 22.8 Å². The van der Waals surface area contributed by atoms with Gasteiger partial charge in [0.05, 0.1) is 5.69 Å². The zero-order valence-electron chi connectivity index (χ0n) is 18.9. The van der Waals surface area contributed by atoms with Crippen LogP contribution in [0.25, 0.3) is 33.7 Å². The number of nitrogens with zero attached hydrogens (tertiary/aromatic N) is 3. The van der Waals surface area contributed by atoms with Gasteiger partial charge in [-0.05, 0) is 19.4 Å². The Labute approximate surface area is 198 Å². The van der Waals surface area contributed by atoms with E-state index in [9.17, 15) is 5.26 Å². The topological polar surface area (TPSA) is 74.7 Å². The fraction of sp³-hybridized carbons (Fsp3) is 0.0690. The van der Waals surface area contributed by atoms with Crippen molar-refractivity contribution in [2.75, 3.05) is 5.32 Å². The van der Waals surface area contributed by atoms with Crippen LogP contribution in [0.3, 0.4) is 0 Å². The van der Waals surface area contributed by atoms with Crippen LogP contribution in [0.15, 0.2) is 95.4 Å². The van der Waals surface area contributed by atoms with Crippen LogP contribution in [0, 0.1) is 25.2 Å². The number of aromatic nitrogens is 2. The highest BCUT2D eigenvalue weighted by Crippen LogP contribution is 2.42. The third-order valence-corrected chi connectivity index (χ3v) is 5.55. The van der Waals surface area contributed by atoms with E-state index in [2.05, 4.69) is 40.4 Å². The number of benzene rings is 3. The minimum absolute atomic E-state index is 0.355. The molecule has 0 amide bonds. The molecule has 5 nitrogen and oxygen atoms in total. The van der Waals surface area contributed by atoms with Gasteiger partial charge in [-0.1, -0.05) is 90.5 Å². The highest BCUT2D eigenvalue weighted by atomic mass is 16.4. The van der Waals surface area contributed by atoms with Gasteiger partial charge < -0.3 is 9.73 Å². The normalized spacial score (nSPS) is 10.6. The lowest BCUT2D eigenvalue weighted by Gasteiger charge is -2.08. The van der Waals surface area contributed by atoms with Crippen LogP contribution in [0.2, 0.25) is 0 Å². The largest absolute Gasteiger partial charge is 0.438 e. The number of hydrogen-bond donors (Lipinski definition) is 1. The molecule has 5 heteroatoms.